The minimum Gasteiger partial charge on any atom is -0.494 e. The molecule has 5 heteroatoms. The maximum atomic E-state index is 12.0. The summed E-state index contributed by atoms with van der Waals surface area (Å²) in [5, 5.41) is 5.96. The van der Waals surface area contributed by atoms with Crippen molar-refractivity contribution in [2.45, 2.75) is 26.4 Å². The topological polar surface area (TPSA) is 63.5 Å². The van der Waals surface area contributed by atoms with E-state index in [1.54, 1.807) is 12.3 Å². The van der Waals surface area contributed by atoms with E-state index in [4.69, 9.17) is 9.15 Å². The molecule has 2 rings (SSSR count). The molecule has 0 saturated carbocycles. The normalized spacial score (nSPS) is 11.7. The molecule has 1 atom stereocenters. The first-order valence-electron chi connectivity index (χ1n) is 6.98. The lowest BCUT2D eigenvalue weighted by Crippen LogP contribution is -2.37. The van der Waals surface area contributed by atoms with Crippen LogP contribution in [0.2, 0.25) is 0 Å². The first-order chi connectivity index (χ1) is 10.2. The Morgan fingerprint density at radius 3 is 2.67 bits per heavy atom. The van der Waals surface area contributed by atoms with Crippen molar-refractivity contribution in [1.82, 2.24) is 5.32 Å². The molecule has 0 bridgehead atoms. The highest BCUT2D eigenvalue weighted by molar-refractivity contribution is 5.84. The Morgan fingerprint density at radius 2 is 2.05 bits per heavy atom. The van der Waals surface area contributed by atoms with Crippen LogP contribution in [0.5, 0.6) is 5.75 Å². The van der Waals surface area contributed by atoms with Crippen molar-refractivity contribution >= 4 is 11.6 Å². The number of carbonyl (C=O) groups is 1. The Hall–Kier alpha value is -2.43. The molecule has 0 aliphatic carbocycles. The van der Waals surface area contributed by atoms with E-state index >= 15 is 0 Å². The summed E-state index contributed by atoms with van der Waals surface area (Å²) >= 11 is 0. The highest BCUT2D eigenvalue weighted by Crippen LogP contribution is 2.16. The van der Waals surface area contributed by atoms with Crippen LogP contribution in [-0.4, -0.2) is 18.6 Å². The van der Waals surface area contributed by atoms with Gasteiger partial charge >= 0.3 is 0 Å². The number of benzene rings is 1. The molecule has 1 aromatic carbocycles. The molecule has 0 spiro atoms. The molecule has 0 saturated heterocycles. The fourth-order valence-electron chi connectivity index (χ4n) is 1.87. The summed E-state index contributed by atoms with van der Waals surface area (Å²) in [6.45, 7) is 4.78. The minimum absolute atomic E-state index is 0.0831. The second-order valence-corrected chi connectivity index (χ2v) is 4.62. The van der Waals surface area contributed by atoms with Gasteiger partial charge in [0.1, 0.15) is 17.6 Å². The quantitative estimate of drug-likeness (QED) is 0.822. The van der Waals surface area contributed by atoms with E-state index < -0.39 is 0 Å². The molecule has 0 fully saturated rings. The molecular weight excluding hydrogens is 268 g/mol. The second kappa shape index (κ2) is 7.38. The largest absolute Gasteiger partial charge is 0.494 e. The molecule has 5 nitrogen and oxygen atoms in total. The highest BCUT2D eigenvalue weighted by Gasteiger charge is 2.12. The third-order valence-electron chi connectivity index (χ3n) is 2.96. The van der Waals surface area contributed by atoms with Gasteiger partial charge < -0.3 is 19.8 Å². The third-order valence-corrected chi connectivity index (χ3v) is 2.96. The second-order valence-electron chi connectivity index (χ2n) is 4.62. The van der Waals surface area contributed by atoms with E-state index in [1.165, 1.54) is 0 Å². The lowest BCUT2D eigenvalue weighted by atomic mass is 10.2. The zero-order chi connectivity index (χ0) is 15.1. The predicted octanol–water partition coefficient (Wildman–Crippen LogP) is 2.80. The predicted molar refractivity (Wildman–Crippen MR) is 81.3 cm³/mol. The fraction of sp³-hybridized carbons (Fsp3) is 0.312. The number of carbonyl (C=O) groups excluding carboxylic acids is 1. The van der Waals surface area contributed by atoms with Crippen molar-refractivity contribution in [3.05, 3.63) is 48.4 Å². The first kappa shape index (κ1) is 15.0. The number of furan rings is 1. The van der Waals surface area contributed by atoms with Crippen LogP contribution in [0, 0.1) is 0 Å². The monoisotopic (exact) mass is 288 g/mol. The molecule has 112 valence electrons. The lowest BCUT2D eigenvalue weighted by Gasteiger charge is -2.15. The highest BCUT2D eigenvalue weighted by atomic mass is 16.5. The molecule has 1 amide bonds. The zero-order valence-corrected chi connectivity index (χ0v) is 12.3. The Labute approximate surface area is 124 Å². The number of amides is 1. The zero-order valence-electron chi connectivity index (χ0n) is 12.3. The maximum absolute atomic E-state index is 12.0. The van der Waals surface area contributed by atoms with Gasteiger partial charge in [0.15, 0.2) is 0 Å². The minimum atomic E-state index is -0.335. The van der Waals surface area contributed by atoms with E-state index in [0.29, 0.717) is 13.2 Å². The van der Waals surface area contributed by atoms with Crippen molar-refractivity contribution in [2.24, 2.45) is 0 Å². The Balaban J connectivity index is 1.82. The van der Waals surface area contributed by atoms with E-state index in [1.807, 2.05) is 44.2 Å². The van der Waals surface area contributed by atoms with Crippen LogP contribution in [0.15, 0.2) is 47.1 Å². The number of hydrogen-bond acceptors (Lipinski definition) is 4. The summed E-state index contributed by atoms with van der Waals surface area (Å²) in [7, 11) is 0. The van der Waals surface area contributed by atoms with Crippen molar-refractivity contribution in [1.29, 1.82) is 0 Å². The van der Waals surface area contributed by atoms with E-state index in [-0.39, 0.29) is 11.9 Å². The summed E-state index contributed by atoms with van der Waals surface area (Å²) in [4.78, 5) is 12.0. The number of rotatable bonds is 7. The summed E-state index contributed by atoms with van der Waals surface area (Å²) in [5.74, 6) is 1.47. The van der Waals surface area contributed by atoms with Crippen molar-refractivity contribution < 1.29 is 13.9 Å². The van der Waals surface area contributed by atoms with Crippen LogP contribution in [0.25, 0.3) is 0 Å². The van der Waals surface area contributed by atoms with Crippen LogP contribution in [0.4, 0.5) is 5.69 Å². The summed E-state index contributed by atoms with van der Waals surface area (Å²) in [6, 6.07) is 10.8. The first-order valence-corrected chi connectivity index (χ1v) is 6.98. The van der Waals surface area contributed by atoms with Crippen molar-refractivity contribution in [3.63, 3.8) is 0 Å². The number of nitrogens with one attached hydrogen (secondary N) is 2. The van der Waals surface area contributed by atoms with Crippen LogP contribution in [0.3, 0.4) is 0 Å². The molecule has 2 N–H and O–H groups in total. The molecule has 0 aliphatic heterocycles. The molecule has 0 aliphatic rings. The van der Waals surface area contributed by atoms with Crippen molar-refractivity contribution in [2.75, 3.05) is 11.9 Å². The Morgan fingerprint density at radius 1 is 1.29 bits per heavy atom. The smallest absolute Gasteiger partial charge is 0.242 e. The van der Waals surface area contributed by atoms with E-state index in [0.717, 1.165) is 17.2 Å². The lowest BCUT2D eigenvalue weighted by molar-refractivity contribution is -0.121. The van der Waals surface area contributed by atoms with E-state index in [2.05, 4.69) is 10.6 Å². The summed E-state index contributed by atoms with van der Waals surface area (Å²) in [6.07, 6.45) is 1.59. The van der Waals surface area contributed by atoms with Gasteiger partial charge in [-0.2, -0.15) is 0 Å². The van der Waals surface area contributed by atoms with Gasteiger partial charge in [-0.1, -0.05) is 0 Å². The van der Waals surface area contributed by atoms with Gasteiger partial charge in [0, 0.05) is 5.69 Å². The molecule has 21 heavy (non-hydrogen) atoms. The molecular formula is C16H20N2O3. The van der Waals surface area contributed by atoms with Crippen molar-refractivity contribution in [3.8, 4) is 5.75 Å². The average Bonchev–Trinajstić information content (AvgIpc) is 3.00. The Bertz CT molecular complexity index is 549. The molecule has 0 radical (unpaired) electrons. The van der Waals surface area contributed by atoms with E-state index in [9.17, 15) is 4.79 Å². The molecule has 1 unspecified atom stereocenters. The number of anilines is 1. The summed E-state index contributed by atoms with van der Waals surface area (Å²) < 4.78 is 10.5. The summed E-state index contributed by atoms with van der Waals surface area (Å²) in [5.41, 5.74) is 0.874. The van der Waals surface area contributed by atoms with Gasteiger partial charge in [-0.15, -0.1) is 0 Å². The Kier molecular flexibility index (Phi) is 5.26. The fourth-order valence-corrected chi connectivity index (χ4v) is 1.87. The van der Waals surface area contributed by atoms with Gasteiger partial charge in [0.05, 0.1) is 19.4 Å². The third kappa shape index (κ3) is 4.56. The number of hydrogen-bond donors (Lipinski definition) is 2. The van der Waals surface area contributed by atoms with Crippen LogP contribution in [-0.2, 0) is 11.3 Å². The molecule has 2 aromatic rings. The van der Waals surface area contributed by atoms with Gasteiger partial charge in [-0.25, -0.2) is 0 Å². The van der Waals surface area contributed by atoms with Crippen LogP contribution < -0.4 is 15.4 Å². The number of ether oxygens (including phenoxy) is 1. The van der Waals surface area contributed by atoms with Gasteiger partial charge in [0.25, 0.3) is 0 Å². The van der Waals surface area contributed by atoms with Crippen LogP contribution >= 0.6 is 0 Å². The average molecular weight is 288 g/mol. The van der Waals surface area contributed by atoms with Crippen LogP contribution in [0.1, 0.15) is 19.6 Å². The maximum Gasteiger partial charge on any atom is 0.242 e. The standard InChI is InChI=1S/C16H20N2O3/c1-3-20-14-8-6-13(7-9-14)18-12(2)16(19)17-11-15-5-4-10-21-15/h4-10,12,18H,3,11H2,1-2H3,(H,17,19). The van der Waals surface area contributed by atoms with Gasteiger partial charge in [0.2, 0.25) is 5.91 Å². The van der Waals surface area contributed by atoms with Gasteiger partial charge in [-0.3, -0.25) is 4.79 Å². The SMILES string of the molecule is CCOc1ccc(NC(C)C(=O)NCc2ccco2)cc1. The van der Waals surface area contributed by atoms with Gasteiger partial charge in [-0.05, 0) is 50.2 Å². The molecule has 1 heterocycles. The molecule has 1 aromatic heterocycles.